The Morgan fingerprint density at radius 2 is 1.78 bits per heavy atom. The molecule has 1 amide bonds. The van der Waals surface area contributed by atoms with Crippen molar-refractivity contribution < 1.29 is 22.4 Å². The van der Waals surface area contributed by atoms with E-state index in [9.17, 15) is 32.4 Å². The molecule has 0 aliphatic rings. The zero-order valence-electron chi connectivity index (χ0n) is 17.1. The second-order valence-electron chi connectivity index (χ2n) is 7.19. The lowest BCUT2D eigenvalue weighted by molar-refractivity contribution is -0.138. The fourth-order valence-electron chi connectivity index (χ4n) is 3.25. The second-order valence-corrected chi connectivity index (χ2v) is 7.19. The minimum Gasteiger partial charge on any atom is -0.326 e. The van der Waals surface area contributed by atoms with Crippen molar-refractivity contribution >= 4 is 11.7 Å². The van der Waals surface area contributed by atoms with Gasteiger partial charge in [0.15, 0.2) is 0 Å². The first-order chi connectivity index (χ1) is 15.0. The highest BCUT2D eigenvalue weighted by atomic mass is 19.4. The van der Waals surface area contributed by atoms with E-state index in [0.717, 1.165) is 6.07 Å². The van der Waals surface area contributed by atoms with Crippen LogP contribution in [0.3, 0.4) is 0 Å². The Hall–Kier alpha value is -3.87. The van der Waals surface area contributed by atoms with Crippen LogP contribution in [0.1, 0.15) is 27.9 Å². The molecule has 2 aromatic heterocycles. The average Bonchev–Trinajstić information content (AvgIpc) is 2.94. The van der Waals surface area contributed by atoms with Crippen LogP contribution in [-0.4, -0.2) is 15.0 Å². The maximum Gasteiger partial charge on any atom is 0.417 e. The van der Waals surface area contributed by atoms with Crippen molar-refractivity contribution in [2.75, 3.05) is 5.32 Å². The number of benzene rings is 1. The van der Waals surface area contributed by atoms with Gasteiger partial charge in [0, 0.05) is 24.5 Å². The van der Waals surface area contributed by atoms with Crippen LogP contribution in [-0.2, 0) is 24.1 Å². The molecule has 6 nitrogen and oxygen atoms in total. The average molecular weight is 446 g/mol. The molecule has 0 radical (unpaired) electrons. The number of amides is 1. The molecule has 0 saturated carbocycles. The summed E-state index contributed by atoms with van der Waals surface area (Å²) >= 11 is 0. The summed E-state index contributed by atoms with van der Waals surface area (Å²) in [6, 6.07) is 9.08. The standard InChI is InChI=1S/C22H18F4N4O2/c1-13-14(2)30(10-15-3-6-17(23)7-4-15)21(18(13)9-27)28-19(31)12-29-11-16(22(24,25)26)5-8-20(29)32/h3-8,11H,10,12H2,1-2H3,(H,28,31). The molecular weight excluding hydrogens is 428 g/mol. The zero-order chi connectivity index (χ0) is 23.6. The van der Waals surface area contributed by atoms with E-state index < -0.39 is 35.6 Å². The molecule has 1 aromatic carbocycles. The number of nitrogens with one attached hydrogen (secondary N) is 1. The Balaban J connectivity index is 1.92. The number of aromatic nitrogens is 2. The molecule has 0 saturated heterocycles. The van der Waals surface area contributed by atoms with E-state index in [2.05, 4.69) is 5.32 Å². The van der Waals surface area contributed by atoms with Gasteiger partial charge >= 0.3 is 6.18 Å². The topological polar surface area (TPSA) is 79.8 Å². The fraction of sp³-hybridized carbons (Fsp3) is 0.227. The predicted molar refractivity (Wildman–Crippen MR) is 108 cm³/mol. The molecule has 0 unspecified atom stereocenters. The monoisotopic (exact) mass is 446 g/mol. The highest BCUT2D eigenvalue weighted by Gasteiger charge is 2.31. The molecule has 0 aliphatic heterocycles. The molecule has 0 spiro atoms. The van der Waals surface area contributed by atoms with E-state index in [1.165, 1.54) is 12.1 Å². The van der Waals surface area contributed by atoms with Crippen molar-refractivity contribution in [3.05, 3.63) is 86.7 Å². The van der Waals surface area contributed by atoms with Crippen LogP contribution < -0.4 is 10.9 Å². The first-order valence-corrected chi connectivity index (χ1v) is 9.43. The molecule has 0 aliphatic carbocycles. The second kappa shape index (κ2) is 8.70. The molecule has 166 valence electrons. The van der Waals surface area contributed by atoms with Crippen molar-refractivity contribution in [2.45, 2.75) is 33.1 Å². The number of rotatable bonds is 5. The molecule has 1 N–H and O–H groups in total. The lowest BCUT2D eigenvalue weighted by Crippen LogP contribution is -2.29. The zero-order valence-corrected chi connectivity index (χ0v) is 17.1. The Kier molecular flexibility index (Phi) is 6.20. The summed E-state index contributed by atoms with van der Waals surface area (Å²) in [5.41, 5.74) is 0.350. The van der Waals surface area contributed by atoms with Gasteiger partial charge in [0.05, 0.1) is 11.1 Å². The molecule has 0 fully saturated rings. The molecule has 0 bridgehead atoms. The van der Waals surface area contributed by atoms with E-state index in [4.69, 9.17) is 0 Å². The van der Waals surface area contributed by atoms with Gasteiger partial charge in [0.2, 0.25) is 5.91 Å². The van der Waals surface area contributed by atoms with Gasteiger partial charge in [-0.25, -0.2) is 4.39 Å². The van der Waals surface area contributed by atoms with Crippen molar-refractivity contribution in [1.82, 2.24) is 9.13 Å². The number of pyridine rings is 1. The summed E-state index contributed by atoms with van der Waals surface area (Å²) in [7, 11) is 0. The Bertz CT molecular complexity index is 1270. The van der Waals surface area contributed by atoms with Crippen LogP contribution in [0, 0.1) is 31.0 Å². The van der Waals surface area contributed by atoms with E-state index >= 15 is 0 Å². The quantitative estimate of drug-likeness (QED) is 0.602. The summed E-state index contributed by atoms with van der Waals surface area (Å²) in [6.07, 6.45) is -4.10. The van der Waals surface area contributed by atoms with Gasteiger partial charge in [0.1, 0.15) is 24.2 Å². The Morgan fingerprint density at radius 1 is 1.12 bits per heavy atom. The number of anilines is 1. The molecular formula is C22H18F4N4O2. The molecule has 10 heteroatoms. The molecule has 0 atom stereocenters. The van der Waals surface area contributed by atoms with Crippen molar-refractivity contribution in [1.29, 1.82) is 5.26 Å². The minimum absolute atomic E-state index is 0.150. The highest BCUT2D eigenvalue weighted by molar-refractivity contribution is 5.91. The van der Waals surface area contributed by atoms with Crippen LogP contribution in [0.15, 0.2) is 47.4 Å². The number of hydrogen-bond donors (Lipinski definition) is 1. The maximum absolute atomic E-state index is 13.2. The van der Waals surface area contributed by atoms with Gasteiger partial charge < -0.3 is 14.5 Å². The lowest BCUT2D eigenvalue weighted by Gasteiger charge is -2.14. The highest BCUT2D eigenvalue weighted by Crippen LogP contribution is 2.29. The van der Waals surface area contributed by atoms with Crippen LogP contribution >= 0.6 is 0 Å². The molecule has 3 aromatic rings. The maximum atomic E-state index is 13.2. The smallest absolute Gasteiger partial charge is 0.326 e. The number of carbonyl (C=O) groups is 1. The number of alkyl halides is 3. The van der Waals surface area contributed by atoms with Gasteiger partial charge in [-0.05, 0) is 43.2 Å². The minimum atomic E-state index is -4.67. The van der Waals surface area contributed by atoms with Gasteiger partial charge in [-0.1, -0.05) is 12.1 Å². The van der Waals surface area contributed by atoms with E-state index in [-0.39, 0.29) is 17.9 Å². The summed E-state index contributed by atoms with van der Waals surface area (Å²) in [5, 5.41) is 12.1. The molecule has 3 rings (SSSR count). The van der Waals surface area contributed by atoms with Crippen LogP contribution in [0.5, 0.6) is 0 Å². The summed E-state index contributed by atoms with van der Waals surface area (Å²) in [5.74, 6) is -1.04. The van der Waals surface area contributed by atoms with E-state index in [0.29, 0.717) is 33.7 Å². The number of halogens is 4. The van der Waals surface area contributed by atoms with Crippen molar-refractivity contribution in [3.8, 4) is 6.07 Å². The van der Waals surface area contributed by atoms with Gasteiger partial charge in [-0.3, -0.25) is 9.59 Å². The number of nitrogens with zero attached hydrogens (tertiary/aromatic N) is 3. The largest absolute Gasteiger partial charge is 0.417 e. The predicted octanol–water partition coefficient (Wildman–Crippen LogP) is 3.98. The van der Waals surface area contributed by atoms with Crippen LogP contribution in [0.25, 0.3) is 0 Å². The molecule has 2 heterocycles. The number of hydrogen-bond acceptors (Lipinski definition) is 3. The number of carbonyl (C=O) groups excluding carboxylic acids is 1. The lowest BCUT2D eigenvalue weighted by atomic mass is 10.2. The Morgan fingerprint density at radius 3 is 2.38 bits per heavy atom. The first kappa shape index (κ1) is 22.8. The summed E-state index contributed by atoms with van der Waals surface area (Å²) < 4.78 is 54.3. The summed E-state index contributed by atoms with van der Waals surface area (Å²) in [6.45, 7) is 2.98. The third-order valence-electron chi connectivity index (χ3n) is 5.08. The first-order valence-electron chi connectivity index (χ1n) is 9.43. The number of nitriles is 1. The SMILES string of the molecule is Cc1c(C#N)c(NC(=O)Cn2cc(C(F)(F)F)ccc2=O)n(Cc2ccc(F)cc2)c1C. The fourth-order valence-corrected chi connectivity index (χ4v) is 3.25. The third-order valence-corrected chi connectivity index (χ3v) is 5.08. The van der Waals surface area contributed by atoms with Gasteiger partial charge in [0.25, 0.3) is 5.56 Å². The Labute approximate surface area is 180 Å². The van der Waals surface area contributed by atoms with Gasteiger partial charge in [-0.15, -0.1) is 0 Å². The third kappa shape index (κ3) is 4.72. The van der Waals surface area contributed by atoms with E-state index in [1.807, 2.05) is 6.07 Å². The normalized spacial score (nSPS) is 11.3. The van der Waals surface area contributed by atoms with Gasteiger partial charge in [-0.2, -0.15) is 18.4 Å². The van der Waals surface area contributed by atoms with Crippen molar-refractivity contribution in [2.24, 2.45) is 0 Å². The van der Waals surface area contributed by atoms with E-state index in [1.54, 1.807) is 30.5 Å². The van der Waals surface area contributed by atoms with Crippen LogP contribution in [0.2, 0.25) is 0 Å². The molecule has 32 heavy (non-hydrogen) atoms. The summed E-state index contributed by atoms with van der Waals surface area (Å²) in [4.78, 5) is 24.5. The van der Waals surface area contributed by atoms with Crippen LogP contribution in [0.4, 0.5) is 23.4 Å². The van der Waals surface area contributed by atoms with Crippen molar-refractivity contribution in [3.63, 3.8) is 0 Å².